The van der Waals surface area contributed by atoms with E-state index in [9.17, 15) is 0 Å². The molecular weight excluding hydrogens is 238 g/mol. The molecule has 0 unspecified atom stereocenters. The smallest absolute Gasteiger partial charge is 0.0594 e. The van der Waals surface area contributed by atoms with E-state index in [4.69, 9.17) is 4.74 Å². The number of rotatable bonds is 6. The quantitative estimate of drug-likeness (QED) is 0.793. The second-order valence-electron chi connectivity index (χ2n) is 5.18. The van der Waals surface area contributed by atoms with E-state index >= 15 is 0 Å². The van der Waals surface area contributed by atoms with Gasteiger partial charge < -0.3 is 15.0 Å². The van der Waals surface area contributed by atoms with Crippen LogP contribution in [0.4, 0.5) is 11.4 Å². The van der Waals surface area contributed by atoms with E-state index in [2.05, 4.69) is 53.5 Å². The summed E-state index contributed by atoms with van der Waals surface area (Å²) < 4.78 is 5.34. The van der Waals surface area contributed by atoms with E-state index < -0.39 is 0 Å². The molecule has 4 nitrogen and oxygen atoms in total. The highest BCUT2D eigenvalue weighted by Gasteiger charge is 2.08. The van der Waals surface area contributed by atoms with Crippen molar-refractivity contribution in [3.8, 4) is 0 Å². The molecule has 1 heterocycles. The van der Waals surface area contributed by atoms with Crippen LogP contribution >= 0.6 is 0 Å². The van der Waals surface area contributed by atoms with Crippen LogP contribution < -0.4 is 10.2 Å². The molecule has 106 valence electrons. The Labute approximate surface area is 116 Å². The van der Waals surface area contributed by atoms with Crippen LogP contribution in [0.1, 0.15) is 6.42 Å². The van der Waals surface area contributed by atoms with Gasteiger partial charge in [0.2, 0.25) is 0 Å². The fourth-order valence-electron chi connectivity index (χ4n) is 2.24. The first-order valence-corrected chi connectivity index (χ1v) is 7.07. The maximum Gasteiger partial charge on any atom is 0.0594 e. The van der Waals surface area contributed by atoms with Crippen molar-refractivity contribution in [1.29, 1.82) is 0 Å². The molecule has 0 aromatic heterocycles. The summed E-state index contributed by atoms with van der Waals surface area (Å²) in [7, 11) is 4.12. The second-order valence-corrected chi connectivity index (χ2v) is 5.18. The number of nitrogens with one attached hydrogen (secondary N) is 1. The maximum absolute atomic E-state index is 5.34. The minimum absolute atomic E-state index is 0.888. The molecule has 19 heavy (non-hydrogen) atoms. The molecule has 1 N–H and O–H groups in total. The average Bonchev–Trinajstić information content (AvgIpc) is 2.45. The fraction of sp³-hybridized carbons (Fsp3) is 0.600. The van der Waals surface area contributed by atoms with E-state index in [0.29, 0.717) is 0 Å². The second kappa shape index (κ2) is 7.36. The molecule has 1 aromatic rings. The fourth-order valence-corrected chi connectivity index (χ4v) is 2.24. The van der Waals surface area contributed by atoms with Crippen LogP contribution in [0.25, 0.3) is 0 Å². The van der Waals surface area contributed by atoms with Crippen LogP contribution in [-0.2, 0) is 4.74 Å². The van der Waals surface area contributed by atoms with Gasteiger partial charge in [0.15, 0.2) is 0 Å². The standard InChI is InChI=1S/C15H25N3O/c1-17(2)15-6-4-14(5-7-15)16-8-3-9-18-10-12-19-13-11-18/h4-7,16H,3,8-13H2,1-2H3. The molecule has 0 atom stereocenters. The van der Waals surface area contributed by atoms with Gasteiger partial charge in [-0.2, -0.15) is 0 Å². The Kier molecular flexibility index (Phi) is 5.48. The van der Waals surface area contributed by atoms with Gasteiger partial charge in [-0.05, 0) is 37.2 Å². The Morgan fingerprint density at radius 1 is 1.16 bits per heavy atom. The normalized spacial score (nSPS) is 16.3. The zero-order chi connectivity index (χ0) is 13.5. The monoisotopic (exact) mass is 263 g/mol. The first-order chi connectivity index (χ1) is 9.25. The first kappa shape index (κ1) is 14.2. The highest BCUT2D eigenvalue weighted by atomic mass is 16.5. The summed E-state index contributed by atoms with van der Waals surface area (Å²) >= 11 is 0. The molecule has 0 aliphatic carbocycles. The van der Waals surface area contributed by atoms with Gasteiger partial charge in [-0.3, -0.25) is 4.90 Å². The van der Waals surface area contributed by atoms with Gasteiger partial charge >= 0.3 is 0 Å². The van der Waals surface area contributed by atoms with Crippen molar-refractivity contribution in [2.75, 3.05) is 63.7 Å². The average molecular weight is 263 g/mol. The minimum Gasteiger partial charge on any atom is -0.385 e. The molecule has 1 fully saturated rings. The van der Waals surface area contributed by atoms with Crippen molar-refractivity contribution in [2.45, 2.75) is 6.42 Å². The molecular formula is C15H25N3O. The lowest BCUT2D eigenvalue weighted by Crippen LogP contribution is -2.37. The third kappa shape index (κ3) is 4.73. The number of nitrogens with zero attached hydrogens (tertiary/aromatic N) is 2. The van der Waals surface area contributed by atoms with Gasteiger partial charge in [-0.25, -0.2) is 0 Å². The number of ether oxygens (including phenoxy) is 1. The highest BCUT2D eigenvalue weighted by Crippen LogP contribution is 2.15. The third-order valence-corrected chi connectivity index (χ3v) is 3.47. The lowest BCUT2D eigenvalue weighted by atomic mass is 10.2. The van der Waals surface area contributed by atoms with E-state index in [1.807, 2.05) is 0 Å². The number of anilines is 2. The van der Waals surface area contributed by atoms with E-state index in [0.717, 1.165) is 39.4 Å². The molecule has 4 heteroatoms. The molecule has 1 aliphatic heterocycles. The van der Waals surface area contributed by atoms with Crippen LogP contribution in [0, 0.1) is 0 Å². The summed E-state index contributed by atoms with van der Waals surface area (Å²) in [5.41, 5.74) is 2.44. The van der Waals surface area contributed by atoms with E-state index in [1.165, 1.54) is 17.8 Å². The molecule has 1 aromatic carbocycles. The van der Waals surface area contributed by atoms with Crippen LogP contribution in [0.5, 0.6) is 0 Å². The zero-order valence-electron chi connectivity index (χ0n) is 12.1. The van der Waals surface area contributed by atoms with Crippen molar-refractivity contribution >= 4 is 11.4 Å². The predicted molar refractivity (Wildman–Crippen MR) is 81.1 cm³/mol. The van der Waals surface area contributed by atoms with Gasteiger partial charge in [-0.1, -0.05) is 0 Å². The van der Waals surface area contributed by atoms with Crippen LogP contribution in [0.3, 0.4) is 0 Å². The third-order valence-electron chi connectivity index (χ3n) is 3.47. The molecule has 0 radical (unpaired) electrons. The van der Waals surface area contributed by atoms with Gasteiger partial charge in [0.05, 0.1) is 13.2 Å². The van der Waals surface area contributed by atoms with Gasteiger partial charge in [0.25, 0.3) is 0 Å². The minimum atomic E-state index is 0.888. The number of hydrogen-bond acceptors (Lipinski definition) is 4. The van der Waals surface area contributed by atoms with Crippen LogP contribution in [-0.4, -0.2) is 58.4 Å². The summed E-state index contributed by atoms with van der Waals surface area (Å²) in [6.07, 6.45) is 1.18. The highest BCUT2D eigenvalue weighted by molar-refractivity contribution is 5.54. The summed E-state index contributed by atoms with van der Waals surface area (Å²) in [5.74, 6) is 0. The van der Waals surface area contributed by atoms with Crippen LogP contribution in [0.2, 0.25) is 0 Å². The number of morpholine rings is 1. The predicted octanol–water partition coefficient (Wildman–Crippen LogP) is 1.89. The van der Waals surface area contributed by atoms with Crippen molar-refractivity contribution in [2.24, 2.45) is 0 Å². The van der Waals surface area contributed by atoms with E-state index in [1.54, 1.807) is 0 Å². The Morgan fingerprint density at radius 3 is 2.47 bits per heavy atom. The van der Waals surface area contributed by atoms with Crippen LogP contribution in [0.15, 0.2) is 24.3 Å². The Bertz CT molecular complexity index is 358. The molecule has 1 saturated heterocycles. The van der Waals surface area contributed by atoms with Gasteiger partial charge in [-0.15, -0.1) is 0 Å². The largest absolute Gasteiger partial charge is 0.385 e. The molecule has 0 saturated carbocycles. The molecule has 0 bridgehead atoms. The van der Waals surface area contributed by atoms with Crippen molar-refractivity contribution in [3.63, 3.8) is 0 Å². The molecule has 0 spiro atoms. The topological polar surface area (TPSA) is 27.7 Å². The molecule has 0 amide bonds. The summed E-state index contributed by atoms with van der Waals surface area (Å²) in [6, 6.07) is 8.57. The molecule has 2 rings (SSSR count). The zero-order valence-corrected chi connectivity index (χ0v) is 12.1. The summed E-state index contributed by atoms with van der Waals surface area (Å²) in [4.78, 5) is 4.59. The maximum atomic E-state index is 5.34. The molecule has 1 aliphatic rings. The Hall–Kier alpha value is -1.26. The SMILES string of the molecule is CN(C)c1ccc(NCCCN2CCOCC2)cc1. The van der Waals surface area contributed by atoms with E-state index in [-0.39, 0.29) is 0 Å². The van der Waals surface area contributed by atoms with Gasteiger partial charge in [0, 0.05) is 45.1 Å². The van der Waals surface area contributed by atoms with Crippen molar-refractivity contribution in [3.05, 3.63) is 24.3 Å². The first-order valence-electron chi connectivity index (χ1n) is 7.07. The number of benzene rings is 1. The Balaban J connectivity index is 1.64. The summed E-state index contributed by atoms with van der Waals surface area (Å²) in [5, 5.41) is 3.47. The van der Waals surface area contributed by atoms with Gasteiger partial charge in [0.1, 0.15) is 0 Å². The lowest BCUT2D eigenvalue weighted by Gasteiger charge is -2.26. The Morgan fingerprint density at radius 2 is 1.84 bits per heavy atom. The summed E-state index contributed by atoms with van der Waals surface area (Å²) in [6.45, 7) is 6.12. The lowest BCUT2D eigenvalue weighted by molar-refractivity contribution is 0.0378. The van der Waals surface area contributed by atoms with Crippen molar-refractivity contribution in [1.82, 2.24) is 4.90 Å². The van der Waals surface area contributed by atoms with Crippen molar-refractivity contribution < 1.29 is 4.74 Å². The number of hydrogen-bond donors (Lipinski definition) is 1.